The van der Waals surface area contributed by atoms with E-state index in [4.69, 9.17) is 5.73 Å². The van der Waals surface area contributed by atoms with Gasteiger partial charge in [0, 0.05) is 31.7 Å². The van der Waals surface area contributed by atoms with Crippen molar-refractivity contribution in [3.05, 3.63) is 35.4 Å². The average molecular weight is 354 g/mol. The molecule has 0 aromatic heterocycles. The van der Waals surface area contributed by atoms with Crippen LogP contribution < -0.4 is 11.1 Å². The lowest BCUT2D eigenvalue weighted by atomic mass is 9.71. The van der Waals surface area contributed by atoms with E-state index in [1.54, 1.807) is 17.0 Å². The maximum absolute atomic E-state index is 12.8. The van der Waals surface area contributed by atoms with Crippen molar-refractivity contribution in [1.82, 2.24) is 10.2 Å². The monoisotopic (exact) mass is 353 g/mol. The molecule has 0 aliphatic carbocycles. The fraction of sp³-hybridized carbons (Fsp3) is 0.529. The van der Waals surface area contributed by atoms with Crippen molar-refractivity contribution in [2.24, 2.45) is 11.1 Å². The van der Waals surface area contributed by atoms with Crippen LogP contribution in [0.1, 0.15) is 35.2 Å². The molecule has 2 fully saturated rings. The molecule has 0 radical (unpaired) electrons. The van der Waals surface area contributed by atoms with Crippen LogP contribution in [0.4, 0.5) is 0 Å². The van der Waals surface area contributed by atoms with Crippen molar-refractivity contribution in [1.29, 1.82) is 0 Å². The Morgan fingerprint density at radius 3 is 2.96 bits per heavy atom. The standard InChI is InChI=1S/C17H23N3O3.ClH/c18-10-12-3-1-4-13(9-12)15(22)20-8-5-14(21)17(11-20)6-2-7-19-16(17)23;/h1,3-4,9,14,21H,2,5-8,10-11,18H2,(H,19,23);1H/t14-,17+;/m0./s1. The van der Waals surface area contributed by atoms with E-state index in [2.05, 4.69) is 5.32 Å². The predicted octanol–water partition coefficient (Wildman–Crippen LogP) is 0.670. The van der Waals surface area contributed by atoms with E-state index in [9.17, 15) is 14.7 Å². The Bertz CT molecular complexity index is 625. The van der Waals surface area contributed by atoms with Crippen LogP contribution in [0.5, 0.6) is 0 Å². The quantitative estimate of drug-likeness (QED) is 0.728. The predicted molar refractivity (Wildman–Crippen MR) is 92.8 cm³/mol. The van der Waals surface area contributed by atoms with Gasteiger partial charge in [0.25, 0.3) is 5.91 Å². The van der Waals surface area contributed by atoms with Gasteiger partial charge < -0.3 is 21.1 Å². The Hall–Kier alpha value is -1.63. The maximum atomic E-state index is 12.8. The Kier molecular flexibility index (Phi) is 5.85. The van der Waals surface area contributed by atoms with E-state index in [1.165, 1.54) is 0 Å². The van der Waals surface area contributed by atoms with Gasteiger partial charge in [0.05, 0.1) is 11.5 Å². The van der Waals surface area contributed by atoms with E-state index in [0.717, 1.165) is 12.0 Å². The average Bonchev–Trinajstić information content (AvgIpc) is 2.59. The van der Waals surface area contributed by atoms with Crippen LogP contribution in [0.3, 0.4) is 0 Å². The highest BCUT2D eigenvalue weighted by atomic mass is 35.5. The molecule has 2 heterocycles. The fourth-order valence-corrected chi connectivity index (χ4v) is 3.63. The molecule has 1 aromatic rings. The van der Waals surface area contributed by atoms with E-state index < -0.39 is 11.5 Å². The molecule has 2 aliphatic rings. The molecule has 2 saturated heterocycles. The smallest absolute Gasteiger partial charge is 0.253 e. The van der Waals surface area contributed by atoms with Crippen molar-refractivity contribution in [3.63, 3.8) is 0 Å². The minimum absolute atomic E-state index is 0. The Labute approximate surface area is 147 Å². The molecule has 2 aliphatic heterocycles. The van der Waals surface area contributed by atoms with E-state index in [-0.39, 0.29) is 30.8 Å². The van der Waals surface area contributed by atoms with Crippen LogP contribution in [0.25, 0.3) is 0 Å². The Balaban J connectivity index is 0.00000208. The second-order valence-corrected chi connectivity index (χ2v) is 6.45. The van der Waals surface area contributed by atoms with Crippen LogP contribution >= 0.6 is 12.4 Å². The molecule has 2 amide bonds. The van der Waals surface area contributed by atoms with Gasteiger partial charge in [-0.2, -0.15) is 0 Å². The fourth-order valence-electron chi connectivity index (χ4n) is 3.63. The normalized spacial score (nSPS) is 26.7. The number of nitrogens with two attached hydrogens (primary N) is 1. The second kappa shape index (κ2) is 7.51. The first-order valence-electron chi connectivity index (χ1n) is 8.11. The molecule has 0 unspecified atom stereocenters. The number of benzene rings is 1. The Morgan fingerprint density at radius 2 is 2.25 bits per heavy atom. The SMILES string of the molecule is Cl.NCc1cccc(C(=O)N2CC[C@H](O)[C@@]3(CCCNC3=O)C2)c1. The molecule has 4 N–H and O–H groups in total. The minimum Gasteiger partial charge on any atom is -0.392 e. The molecule has 132 valence electrons. The summed E-state index contributed by atoms with van der Waals surface area (Å²) in [6.45, 7) is 1.75. The lowest BCUT2D eigenvalue weighted by Gasteiger charge is -2.46. The number of rotatable bonds is 2. The number of aliphatic hydroxyl groups is 1. The van der Waals surface area contributed by atoms with Gasteiger partial charge in [0.2, 0.25) is 5.91 Å². The molecule has 1 aromatic carbocycles. The highest BCUT2D eigenvalue weighted by Crippen LogP contribution is 2.37. The van der Waals surface area contributed by atoms with Gasteiger partial charge in [-0.3, -0.25) is 9.59 Å². The molecule has 24 heavy (non-hydrogen) atoms. The number of piperidine rings is 2. The summed E-state index contributed by atoms with van der Waals surface area (Å²) in [7, 11) is 0. The van der Waals surface area contributed by atoms with Gasteiger partial charge in [-0.15, -0.1) is 12.4 Å². The summed E-state index contributed by atoms with van der Waals surface area (Å²) in [5.41, 5.74) is 6.25. The maximum Gasteiger partial charge on any atom is 0.253 e. The highest BCUT2D eigenvalue weighted by Gasteiger charge is 2.50. The number of carbonyl (C=O) groups excluding carboxylic acids is 2. The molecule has 2 atom stereocenters. The summed E-state index contributed by atoms with van der Waals surface area (Å²) >= 11 is 0. The molecule has 3 rings (SSSR count). The molecular formula is C17H24ClN3O3. The van der Waals surface area contributed by atoms with Crippen molar-refractivity contribution in [3.8, 4) is 0 Å². The zero-order chi connectivity index (χ0) is 16.4. The number of halogens is 1. The summed E-state index contributed by atoms with van der Waals surface area (Å²) in [4.78, 5) is 26.8. The summed E-state index contributed by atoms with van der Waals surface area (Å²) in [6, 6.07) is 7.26. The van der Waals surface area contributed by atoms with Crippen molar-refractivity contribution < 1.29 is 14.7 Å². The van der Waals surface area contributed by atoms with Crippen LogP contribution in [0, 0.1) is 5.41 Å². The summed E-state index contributed by atoms with van der Waals surface area (Å²) in [5, 5.41) is 13.2. The first-order valence-corrected chi connectivity index (χ1v) is 8.11. The number of hydrogen-bond acceptors (Lipinski definition) is 4. The largest absolute Gasteiger partial charge is 0.392 e. The van der Waals surface area contributed by atoms with Crippen LogP contribution in [-0.4, -0.2) is 47.6 Å². The van der Waals surface area contributed by atoms with E-state index >= 15 is 0 Å². The van der Waals surface area contributed by atoms with Crippen LogP contribution in [-0.2, 0) is 11.3 Å². The molecular weight excluding hydrogens is 330 g/mol. The summed E-state index contributed by atoms with van der Waals surface area (Å²) < 4.78 is 0. The number of hydrogen-bond donors (Lipinski definition) is 3. The van der Waals surface area contributed by atoms with Gasteiger partial charge in [-0.1, -0.05) is 12.1 Å². The van der Waals surface area contributed by atoms with E-state index in [0.29, 0.717) is 38.0 Å². The van der Waals surface area contributed by atoms with Gasteiger partial charge in [0.1, 0.15) is 0 Å². The summed E-state index contributed by atoms with van der Waals surface area (Å²) in [6.07, 6.45) is 1.18. The zero-order valence-corrected chi connectivity index (χ0v) is 14.3. The highest BCUT2D eigenvalue weighted by molar-refractivity contribution is 5.95. The van der Waals surface area contributed by atoms with E-state index in [1.807, 2.05) is 12.1 Å². The number of nitrogens with one attached hydrogen (secondary N) is 1. The van der Waals surface area contributed by atoms with Crippen molar-refractivity contribution in [2.75, 3.05) is 19.6 Å². The minimum atomic E-state index is -0.863. The molecule has 0 saturated carbocycles. The summed E-state index contributed by atoms with van der Waals surface area (Å²) in [5.74, 6) is -0.241. The number of carbonyl (C=O) groups is 2. The van der Waals surface area contributed by atoms with Crippen LogP contribution in [0.2, 0.25) is 0 Å². The zero-order valence-electron chi connectivity index (χ0n) is 13.5. The van der Waals surface area contributed by atoms with Gasteiger partial charge in [0.15, 0.2) is 0 Å². The third kappa shape index (κ3) is 3.27. The van der Waals surface area contributed by atoms with Crippen LogP contribution in [0.15, 0.2) is 24.3 Å². The van der Waals surface area contributed by atoms with Gasteiger partial charge >= 0.3 is 0 Å². The number of aliphatic hydroxyl groups excluding tert-OH is 1. The first kappa shape index (κ1) is 18.7. The van der Waals surface area contributed by atoms with Crippen molar-refractivity contribution >= 4 is 24.2 Å². The molecule has 6 nitrogen and oxygen atoms in total. The second-order valence-electron chi connectivity index (χ2n) is 6.45. The lowest BCUT2D eigenvalue weighted by Crippen LogP contribution is -2.62. The van der Waals surface area contributed by atoms with Crippen molar-refractivity contribution in [2.45, 2.75) is 31.9 Å². The third-order valence-electron chi connectivity index (χ3n) is 5.02. The first-order chi connectivity index (χ1) is 11.1. The Morgan fingerprint density at radius 1 is 1.46 bits per heavy atom. The lowest BCUT2D eigenvalue weighted by molar-refractivity contribution is -0.147. The molecule has 7 heteroatoms. The number of likely N-dealkylation sites (tertiary alicyclic amines) is 1. The third-order valence-corrected chi connectivity index (χ3v) is 5.02. The topological polar surface area (TPSA) is 95.7 Å². The molecule has 0 bridgehead atoms. The van der Waals surface area contributed by atoms with Gasteiger partial charge in [-0.05, 0) is 37.0 Å². The number of nitrogens with zero attached hydrogens (tertiary/aromatic N) is 1. The molecule has 1 spiro atoms. The number of amides is 2. The van der Waals surface area contributed by atoms with Gasteiger partial charge in [-0.25, -0.2) is 0 Å².